The number of carboxylic acids is 1. The molecule has 1 atom stereocenters. The second-order valence-corrected chi connectivity index (χ2v) is 5.99. The Morgan fingerprint density at radius 3 is 3.05 bits per heavy atom. The molecule has 1 unspecified atom stereocenters. The molecule has 0 bridgehead atoms. The van der Waals surface area contributed by atoms with Gasteiger partial charge in [-0.3, -0.25) is 14.6 Å². The van der Waals surface area contributed by atoms with Gasteiger partial charge in [-0.25, -0.2) is 4.39 Å². The summed E-state index contributed by atoms with van der Waals surface area (Å²) < 4.78 is 19.5. The Kier molecular flexibility index (Phi) is 6.14. The van der Waals surface area contributed by atoms with Crippen LogP contribution < -0.4 is 0 Å². The topological polar surface area (TPSA) is 53.0 Å². The minimum Gasteiger partial charge on any atom is -0.480 e. The van der Waals surface area contributed by atoms with Crippen LogP contribution in [0.15, 0.2) is 18.2 Å². The molecule has 0 spiro atoms. The number of likely N-dealkylation sites (N-methyl/N-ethyl adjacent to an activating group) is 1. The van der Waals surface area contributed by atoms with E-state index in [2.05, 4.69) is 4.90 Å². The van der Waals surface area contributed by atoms with Crippen molar-refractivity contribution in [3.05, 3.63) is 34.6 Å². The van der Waals surface area contributed by atoms with E-state index in [0.29, 0.717) is 36.8 Å². The lowest BCUT2D eigenvalue weighted by Gasteiger charge is -2.34. The maximum Gasteiger partial charge on any atom is 0.317 e. The number of morpholine rings is 1. The zero-order chi connectivity index (χ0) is 16.1. The van der Waals surface area contributed by atoms with E-state index < -0.39 is 5.97 Å². The summed E-state index contributed by atoms with van der Waals surface area (Å²) in [6, 6.07) is 4.69. The van der Waals surface area contributed by atoms with E-state index in [4.69, 9.17) is 21.4 Å². The number of nitrogens with zero attached hydrogens (tertiary/aromatic N) is 2. The van der Waals surface area contributed by atoms with Crippen LogP contribution in [0.25, 0.3) is 0 Å². The number of hydrogen-bond acceptors (Lipinski definition) is 4. The van der Waals surface area contributed by atoms with Gasteiger partial charge in [0.15, 0.2) is 0 Å². The van der Waals surface area contributed by atoms with Crippen molar-refractivity contribution < 1.29 is 19.0 Å². The third kappa shape index (κ3) is 5.21. The Balaban J connectivity index is 1.89. The second-order valence-electron chi connectivity index (χ2n) is 5.55. The third-order valence-corrected chi connectivity index (χ3v) is 3.79. The quantitative estimate of drug-likeness (QED) is 0.860. The van der Waals surface area contributed by atoms with Crippen molar-refractivity contribution in [2.24, 2.45) is 0 Å². The molecule has 0 aromatic heterocycles. The van der Waals surface area contributed by atoms with Gasteiger partial charge in [-0.1, -0.05) is 17.7 Å². The molecule has 1 aliphatic heterocycles. The van der Waals surface area contributed by atoms with Gasteiger partial charge in [0.1, 0.15) is 5.82 Å². The van der Waals surface area contributed by atoms with Gasteiger partial charge in [0.2, 0.25) is 0 Å². The minimum atomic E-state index is -0.863. The van der Waals surface area contributed by atoms with E-state index in [9.17, 15) is 9.18 Å². The zero-order valence-corrected chi connectivity index (χ0v) is 13.2. The molecule has 0 amide bonds. The summed E-state index contributed by atoms with van der Waals surface area (Å²) in [6.07, 6.45) is -0.0755. The average molecular weight is 331 g/mol. The lowest BCUT2D eigenvalue weighted by Crippen LogP contribution is -2.47. The van der Waals surface area contributed by atoms with E-state index in [0.717, 1.165) is 6.54 Å². The number of benzene rings is 1. The van der Waals surface area contributed by atoms with Crippen molar-refractivity contribution in [2.75, 3.05) is 39.8 Å². The molecule has 1 heterocycles. The van der Waals surface area contributed by atoms with Crippen molar-refractivity contribution in [2.45, 2.75) is 12.6 Å². The average Bonchev–Trinajstić information content (AvgIpc) is 2.41. The minimum absolute atomic E-state index is 0.0222. The van der Waals surface area contributed by atoms with E-state index in [1.807, 2.05) is 0 Å². The summed E-state index contributed by atoms with van der Waals surface area (Å²) in [5, 5.41) is 9.15. The van der Waals surface area contributed by atoms with E-state index in [1.165, 1.54) is 6.07 Å². The molecule has 122 valence electrons. The predicted octanol–water partition coefficient (Wildman–Crippen LogP) is 1.70. The maximum atomic E-state index is 13.8. The van der Waals surface area contributed by atoms with Gasteiger partial charge in [0.25, 0.3) is 0 Å². The summed E-state index contributed by atoms with van der Waals surface area (Å²) in [5.41, 5.74) is 0.601. The fourth-order valence-electron chi connectivity index (χ4n) is 2.57. The van der Waals surface area contributed by atoms with E-state index in [-0.39, 0.29) is 18.5 Å². The zero-order valence-electron chi connectivity index (χ0n) is 12.5. The van der Waals surface area contributed by atoms with Gasteiger partial charge in [0, 0.05) is 36.8 Å². The number of aliphatic carboxylic acids is 1. The molecule has 22 heavy (non-hydrogen) atoms. The molecule has 1 aliphatic rings. The molecule has 7 heteroatoms. The molecule has 0 saturated carbocycles. The van der Waals surface area contributed by atoms with Gasteiger partial charge in [-0.2, -0.15) is 0 Å². The number of rotatable bonds is 6. The number of hydrogen-bond donors (Lipinski definition) is 1. The van der Waals surface area contributed by atoms with Crippen LogP contribution in [0.2, 0.25) is 5.02 Å². The summed E-state index contributed by atoms with van der Waals surface area (Å²) in [4.78, 5) is 14.5. The van der Waals surface area contributed by atoms with Crippen molar-refractivity contribution in [3.63, 3.8) is 0 Å². The fraction of sp³-hybridized carbons (Fsp3) is 0.533. The highest BCUT2D eigenvalue weighted by atomic mass is 35.5. The highest BCUT2D eigenvalue weighted by Crippen LogP contribution is 2.17. The number of halogens is 2. The van der Waals surface area contributed by atoms with E-state index in [1.54, 1.807) is 24.1 Å². The summed E-state index contributed by atoms with van der Waals surface area (Å²) in [6.45, 7) is 2.93. The maximum absolute atomic E-state index is 13.8. The molecule has 0 aliphatic carbocycles. The highest BCUT2D eigenvalue weighted by molar-refractivity contribution is 6.30. The summed E-state index contributed by atoms with van der Waals surface area (Å²) in [5.74, 6) is -1.17. The van der Waals surface area contributed by atoms with Crippen LogP contribution in [-0.4, -0.2) is 66.8 Å². The Hall–Kier alpha value is -1.21. The number of carbonyl (C=O) groups is 1. The first kappa shape index (κ1) is 17.1. The molecule has 2 rings (SSSR count). The third-order valence-electron chi connectivity index (χ3n) is 3.55. The lowest BCUT2D eigenvalue weighted by atomic mass is 10.1. The van der Waals surface area contributed by atoms with E-state index >= 15 is 0 Å². The Morgan fingerprint density at radius 1 is 1.59 bits per heavy atom. The Morgan fingerprint density at radius 2 is 2.36 bits per heavy atom. The van der Waals surface area contributed by atoms with Crippen molar-refractivity contribution in [3.8, 4) is 0 Å². The molecule has 1 aromatic rings. The SMILES string of the molecule is CN(CC(=O)O)CC1CN(Cc2ccc(Cl)cc2F)CCO1. The number of carboxylic acid groups (broad SMARTS) is 1. The Labute approximate surface area is 134 Å². The second kappa shape index (κ2) is 7.87. The smallest absolute Gasteiger partial charge is 0.317 e. The van der Waals surface area contributed by atoms with Gasteiger partial charge in [-0.15, -0.1) is 0 Å². The molecule has 0 radical (unpaired) electrons. The van der Waals surface area contributed by atoms with Crippen LogP contribution >= 0.6 is 11.6 Å². The first-order chi connectivity index (χ1) is 10.4. The lowest BCUT2D eigenvalue weighted by molar-refractivity contribution is -0.138. The molecule has 5 nitrogen and oxygen atoms in total. The summed E-state index contributed by atoms with van der Waals surface area (Å²) >= 11 is 5.75. The predicted molar refractivity (Wildman–Crippen MR) is 81.6 cm³/mol. The summed E-state index contributed by atoms with van der Waals surface area (Å²) in [7, 11) is 1.75. The molecular formula is C15H20ClFN2O3. The molecule has 1 saturated heterocycles. The van der Waals surface area contributed by atoms with Gasteiger partial charge in [-0.05, 0) is 19.2 Å². The molecule has 1 N–H and O–H groups in total. The van der Waals surface area contributed by atoms with Crippen LogP contribution in [-0.2, 0) is 16.1 Å². The molecule has 1 aromatic carbocycles. The monoisotopic (exact) mass is 330 g/mol. The largest absolute Gasteiger partial charge is 0.480 e. The van der Waals surface area contributed by atoms with Crippen LogP contribution in [0.1, 0.15) is 5.56 Å². The van der Waals surface area contributed by atoms with Crippen LogP contribution in [0.5, 0.6) is 0 Å². The van der Waals surface area contributed by atoms with Crippen molar-refractivity contribution in [1.29, 1.82) is 0 Å². The van der Waals surface area contributed by atoms with Gasteiger partial charge >= 0.3 is 5.97 Å². The normalized spacial score (nSPS) is 19.5. The standard InChI is InChI=1S/C15H20ClFN2O3/c1-18(10-15(20)21)8-13-9-19(4-5-22-13)7-11-2-3-12(16)6-14(11)17/h2-3,6,13H,4-5,7-10H2,1H3,(H,20,21). The van der Waals surface area contributed by atoms with Crippen molar-refractivity contribution in [1.82, 2.24) is 9.80 Å². The number of ether oxygens (including phenoxy) is 1. The fourth-order valence-corrected chi connectivity index (χ4v) is 2.73. The molecule has 1 fully saturated rings. The first-order valence-electron chi connectivity index (χ1n) is 7.12. The molecular weight excluding hydrogens is 311 g/mol. The van der Waals surface area contributed by atoms with Gasteiger partial charge in [0.05, 0.1) is 19.3 Å². The van der Waals surface area contributed by atoms with Crippen LogP contribution in [0.3, 0.4) is 0 Å². The van der Waals surface area contributed by atoms with Crippen molar-refractivity contribution >= 4 is 17.6 Å². The Bertz CT molecular complexity index is 530. The van der Waals surface area contributed by atoms with Crippen LogP contribution in [0.4, 0.5) is 4.39 Å². The van der Waals surface area contributed by atoms with Crippen LogP contribution in [0, 0.1) is 5.82 Å². The highest BCUT2D eigenvalue weighted by Gasteiger charge is 2.23. The van der Waals surface area contributed by atoms with Gasteiger partial charge < -0.3 is 9.84 Å². The first-order valence-corrected chi connectivity index (χ1v) is 7.50.